The monoisotopic (exact) mass is 281 g/mol. The summed E-state index contributed by atoms with van der Waals surface area (Å²) < 4.78 is 1.37. The van der Waals surface area contributed by atoms with Crippen molar-refractivity contribution in [1.82, 2.24) is 25.1 Å². The van der Waals surface area contributed by atoms with E-state index in [9.17, 15) is 9.59 Å². The maximum absolute atomic E-state index is 12.3. The lowest BCUT2D eigenvalue weighted by molar-refractivity contribution is -0.137. The molecule has 0 aliphatic heterocycles. The van der Waals surface area contributed by atoms with Gasteiger partial charge in [0.05, 0.1) is 5.69 Å². The van der Waals surface area contributed by atoms with Gasteiger partial charge in [-0.1, -0.05) is 0 Å². The molecule has 0 saturated heterocycles. The summed E-state index contributed by atoms with van der Waals surface area (Å²) >= 11 is 1.23. The molecule has 0 aliphatic carbocycles. The van der Waals surface area contributed by atoms with E-state index in [4.69, 9.17) is 5.11 Å². The average Bonchev–Trinajstić information content (AvgIpc) is 3.03. The molecule has 0 atom stereocenters. The molecule has 9 heteroatoms. The number of carboxylic acids is 1. The van der Waals surface area contributed by atoms with Crippen LogP contribution in [0.5, 0.6) is 0 Å². The number of amides is 1. The van der Waals surface area contributed by atoms with Crippen molar-refractivity contribution in [2.75, 3.05) is 13.1 Å². The van der Waals surface area contributed by atoms with E-state index in [1.54, 1.807) is 18.4 Å². The van der Waals surface area contributed by atoms with Crippen LogP contribution in [0.1, 0.15) is 16.6 Å². The Balaban J connectivity index is 2.29. The van der Waals surface area contributed by atoms with Crippen LogP contribution in [0.3, 0.4) is 0 Å². The van der Waals surface area contributed by atoms with E-state index in [1.165, 1.54) is 27.2 Å². The molecule has 0 radical (unpaired) electrons. The SMILES string of the molecule is CCN(CC(=O)O)C(=O)c1sccc1-n1cnnn1. The van der Waals surface area contributed by atoms with Gasteiger partial charge < -0.3 is 10.0 Å². The summed E-state index contributed by atoms with van der Waals surface area (Å²) in [5.41, 5.74) is 0.545. The second-order valence-corrected chi connectivity index (χ2v) is 4.52. The summed E-state index contributed by atoms with van der Waals surface area (Å²) in [5.74, 6) is -1.39. The van der Waals surface area contributed by atoms with Gasteiger partial charge in [0.1, 0.15) is 17.7 Å². The number of rotatable bonds is 5. The fourth-order valence-electron chi connectivity index (χ4n) is 1.55. The number of thiophene rings is 1. The molecule has 100 valence electrons. The quantitative estimate of drug-likeness (QED) is 0.844. The van der Waals surface area contributed by atoms with E-state index in [1.807, 2.05) is 0 Å². The van der Waals surface area contributed by atoms with Gasteiger partial charge in [0, 0.05) is 6.54 Å². The summed E-state index contributed by atoms with van der Waals surface area (Å²) in [6.07, 6.45) is 1.38. The number of aliphatic carboxylic acids is 1. The molecule has 0 spiro atoms. The van der Waals surface area contributed by atoms with Crippen LogP contribution in [0.4, 0.5) is 0 Å². The standard InChI is InChI=1S/C10H11N5O3S/c1-2-14(5-8(16)17)10(18)9-7(3-4-19-9)15-6-11-12-13-15/h3-4,6H,2,5H2,1H3,(H,16,17). The summed E-state index contributed by atoms with van der Waals surface area (Å²) in [6, 6.07) is 1.71. The number of likely N-dealkylation sites (N-methyl/N-ethyl adjacent to an activating group) is 1. The molecule has 1 amide bonds. The van der Waals surface area contributed by atoms with Gasteiger partial charge in [0.25, 0.3) is 5.91 Å². The lowest BCUT2D eigenvalue weighted by atomic mass is 10.3. The predicted octanol–water partition coefficient (Wildman–Crippen LogP) is 0.270. The second kappa shape index (κ2) is 5.57. The molecule has 0 bridgehead atoms. The van der Waals surface area contributed by atoms with Crippen LogP contribution in [0.2, 0.25) is 0 Å². The van der Waals surface area contributed by atoms with E-state index in [2.05, 4.69) is 15.5 Å². The molecule has 0 aliphatic rings. The summed E-state index contributed by atoms with van der Waals surface area (Å²) in [6.45, 7) is 1.71. The molecule has 2 heterocycles. The topological polar surface area (TPSA) is 101 Å². The highest BCUT2D eigenvalue weighted by atomic mass is 32.1. The summed E-state index contributed by atoms with van der Waals surface area (Å²) in [7, 11) is 0. The molecule has 8 nitrogen and oxygen atoms in total. The minimum absolute atomic E-state index is 0.318. The highest BCUT2D eigenvalue weighted by Crippen LogP contribution is 2.21. The Bertz CT molecular complexity index is 580. The molecule has 2 rings (SSSR count). The first-order chi connectivity index (χ1) is 9.13. The first-order valence-electron chi connectivity index (χ1n) is 5.45. The minimum atomic E-state index is -1.05. The number of aromatic nitrogens is 4. The van der Waals surface area contributed by atoms with Gasteiger partial charge in [-0.05, 0) is 28.8 Å². The van der Waals surface area contributed by atoms with Crippen LogP contribution in [-0.2, 0) is 4.79 Å². The van der Waals surface area contributed by atoms with Crippen LogP contribution in [-0.4, -0.2) is 55.2 Å². The third kappa shape index (κ3) is 2.76. The van der Waals surface area contributed by atoms with E-state index >= 15 is 0 Å². The Kier molecular flexibility index (Phi) is 3.85. The lowest BCUT2D eigenvalue weighted by Crippen LogP contribution is -2.35. The third-order valence-electron chi connectivity index (χ3n) is 2.43. The van der Waals surface area contributed by atoms with Gasteiger partial charge in [-0.15, -0.1) is 16.4 Å². The number of nitrogens with zero attached hydrogens (tertiary/aromatic N) is 5. The second-order valence-electron chi connectivity index (χ2n) is 3.60. The molecule has 0 unspecified atom stereocenters. The molecule has 2 aromatic rings. The number of carbonyl (C=O) groups is 2. The van der Waals surface area contributed by atoms with Crippen molar-refractivity contribution < 1.29 is 14.7 Å². The molecule has 1 N–H and O–H groups in total. The van der Waals surface area contributed by atoms with Crippen LogP contribution < -0.4 is 0 Å². The maximum atomic E-state index is 12.3. The van der Waals surface area contributed by atoms with Gasteiger partial charge in [-0.3, -0.25) is 9.59 Å². The molecule has 0 aromatic carbocycles. The van der Waals surface area contributed by atoms with Gasteiger partial charge in [0.15, 0.2) is 0 Å². The smallest absolute Gasteiger partial charge is 0.323 e. The molecular formula is C10H11N5O3S. The van der Waals surface area contributed by atoms with Crippen LogP contribution >= 0.6 is 11.3 Å². The summed E-state index contributed by atoms with van der Waals surface area (Å²) in [4.78, 5) is 24.7. The summed E-state index contributed by atoms with van der Waals surface area (Å²) in [5, 5.41) is 21.3. The molecule has 0 saturated carbocycles. The van der Waals surface area contributed by atoms with E-state index in [0.29, 0.717) is 17.1 Å². The normalized spacial score (nSPS) is 10.4. The molecular weight excluding hydrogens is 270 g/mol. The minimum Gasteiger partial charge on any atom is -0.480 e. The third-order valence-corrected chi connectivity index (χ3v) is 3.32. The van der Waals surface area contributed by atoms with Crippen molar-refractivity contribution >= 4 is 23.2 Å². The van der Waals surface area contributed by atoms with Crippen molar-refractivity contribution in [3.05, 3.63) is 22.7 Å². The van der Waals surface area contributed by atoms with E-state index in [-0.39, 0.29) is 12.5 Å². The van der Waals surface area contributed by atoms with Crippen LogP contribution in [0, 0.1) is 0 Å². The Labute approximate surface area is 112 Å². The van der Waals surface area contributed by atoms with Crippen molar-refractivity contribution in [3.63, 3.8) is 0 Å². The Hall–Kier alpha value is -2.29. The lowest BCUT2D eigenvalue weighted by Gasteiger charge is -2.18. The number of hydrogen-bond donors (Lipinski definition) is 1. The Morgan fingerprint density at radius 3 is 2.89 bits per heavy atom. The highest BCUT2D eigenvalue weighted by Gasteiger charge is 2.22. The van der Waals surface area contributed by atoms with E-state index < -0.39 is 5.97 Å². The largest absolute Gasteiger partial charge is 0.480 e. The van der Waals surface area contributed by atoms with Crippen molar-refractivity contribution in [2.45, 2.75) is 6.92 Å². The zero-order chi connectivity index (χ0) is 13.8. The molecule has 2 aromatic heterocycles. The fourth-order valence-corrected chi connectivity index (χ4v) is 2.39. The molecule has 0 fully saturated rings. The average molecular weight is 281 g/mol. The Morgan fingerprint density at radius 2 is 2.32 bits per heavy atom. The van der Waals surface area contributed by atoms with Gasteiger partial charge in [-0.2, -0.15) is 4.68 Å². The van der Waals surface area contributed by atoms with Crippen molar-refractivity contribution in [1.29, 1.82) is 0 Å². The number of carboxylic acid groups (broad SMARTS) is 1. The van der Waals surface area contributed by atoms with Gasteiger partial charge >= 0.3 is 5.97 Å². The van der Waals surface area contributed by atoms with Gasteiger partial charge in [-0.25, -0.2) is 0 Å². The number of carbonyl (C=O) groups excluding carboxylic acids is 1. The number of hydrogen-bond acceptors (Lipinski definition) is 6. The van der Waals surface area contributed by atoms with Gasteiger partial charge in [0.2, 0.25) is 0 Å². The van der Waals surface area contributed by atoms with Crippen molar-refractivity contribution in [2.24, 2.45) is 0 Å². The van der Waals surface area contributed by atoms with Crippen molar-refractivity contribution in [3.8, 4) is 5.69 Å². The fraction of sp³-hybridized carbons (Fsp3) is 0.300. The van der Waals surface area contributed by atoms with E-state index in [0.717, 1.165) is 0 Å². The first-order valence-corrected chi connectivity index (χ1v) is 6.33. The zero-order valence-corrected chi connectivity index (χ0v) is 10.9. The molecule has 19 heavy (non-hydrogen) atoms. The first kappa shape index (κ1) is 13.1. The number of tetrazole rings is 1. The predicted molar refractivity (Wildman–Crippen MR) is 66.2 cm³/mol. The van der Waals surface area contributed by atoms with Crippen LogP contribution in [0.15, 0.2) is 17.8 Å². The zero-order valence-electron chi connectivity index (χ0n) is 10.1. The Morgan fingerprint density at radius 1 is 1.53 bits per heavy atom. The highest BCUT2D eigenvalue weighted by molar-refractivity contribution is 7.12. The van der Waals surface area contributed by atoms with Crippen LogP contribution in [0.25, 0.3) is 5.69 Å². The maximum Gasteiger partial charge on any atom is 0.323 e.